The van der Waals surface area contributed by atoms with Gasteiger partial charge in [0.15, 0.2) is 23.6 Å². The molecule has 13 nitrogen and oxygen atoms in total. The molecule has 6 atom stereocenters. The average Bonchev–Trinajstić information content (AvgIpc) is 3.62. The molecular weight excluding hydrogens is 668 g/mol. The third-order valence-electron chi connectivity index (χ3n) is 8.45. The van der Waals surface area contributed by atoms with Crippen LogP contribution in [0, 0.1) is 12.8 Å². The van der Waals surface area contributed by atoms with E-state index in [9.17, 15) is 14.5 Å². The number of halogens is 1. The molecule has 1 aliphatic heterocycles. The third-order valence-corrected chi connectivity index (χ3v) is 9.97. The number of hydrogen-bond acceptors (Lipinski definition) is 11. The topological polar surface area (TPSA) is 156 Å². The lowest BCUT2D eigenvalue weighted by molar-refractivity contribution is -0.148. The van der Waals surface area contributed by atoms with Crippen LogP contribution in [0.15, 0.2) is 79.1 Å². The van der Waals surface area contributed by atoms with Crippen molar-refractivity contribution in [3.8, 4) is 11.6 Å². The summed E-state index contributed by atoms with van der Waals surface area (Å²) in [6.07, 6.45) is -3.40. The number of carbonyl (C=O) groups is 1. The van der Waals surface area contributed by atoms with Crippen molar-refractivity contribution in [3.05, 3.63) is 90.5 Å². The molecule has 0 spiro atoms. The van der Waals surface area contributed by atoms with Gasteiger partial charge in [0.2, 0.25) is 5.88 Å². The number of aliphatic hydroxyl groups is 1. The Morgan fingerprint density at radius 1 is 1.10 bits per heavy atom. The molecule has 1 fully saturated rings. The van der Waals surface area contributed by atoms with Crippen molar-refractivity contribution in [1.29, 1.82) is 0 Å². The Morgan fingerprint density at radius 2 is 1.82 bits per heavy atom. The lowest BCUT2D eigenvalue weighted by Gasteiger charge is -2.28. The zero-order valence-electron chi connectivity index (χ0n) is 28.2. The molecule has 3 heterocycles. The summed E-state index contributed by atoms with van der Waals surface area (Å²) in [6.45, 7) is 5.80. The fourth-order valence-electron chi connectivity index (χ4n) is 5.79. The van der Waals surface area contributed by atoms with Gasteiger partial charge in [-0.1, -0.05) is 80.6 Å². The minimum absolute atomic E-state index is 0.00488. The molecule has 264 valence electrons. The van der Waals surface area contributed by atoms with Crippen LogP contribution in [-0.4, -0.2) is 68.2 Å². The van der Waals surface area contributed by atoms with Crippen LogP contribution in [0.2, 0.25) is 0 Å². The molecular formula is C35H39FN5O8P. The van der Waals surface area contributed by atoms with Crippen molar-refractivity contribution in [2.24, 2.45) is 5.92 Å². The Hall–Kier alpha value is -4.46. The number of fused-ring (bicyclic) bond motifs is 2. The number of nitrogens with one attached hydrogen (secondary N) is 1. The van der Waals surface area contributed by atoms with Crippen LogP contribution < -0.4 is 14.3 Å². The summed E-state index contributed by atoms with van der Waals surface area (Å²) in [4.78, 5) is 26.3. The van der Waals surface area contributed by atoms with Gasteiger partial charge in [0.1, 0.15) is 35.9 Å². The molecule has 50 heavy (non-hydrogen) atoms. The number of nitrogens with zero attached hydrogens (tertiary/aromatic N) is 4. The molecule has 15 heteroatoms. The molecule has 3 aromatic carbocycles. The number of benzene rings is 3. The highest BCUT2D eigenvalue weighted by Gasteiger charge is 2.55. The highest BCUT2D eigenvalue weighted by molar-refractivity contribution is 7.52. The van der Waals surface area contributed by atoms with Crippen LogP contribution in [0.25, 0.3) is 21.9 Å². The Kier molecular flexibility index (Phi) is 10.2. The normalized spacial score (nSPS) is 22.4. The van der Waals surface area contributed by atoms with E-state index in [0.29, 0.717) is 16.7 Å². The maximum atomic E-state index is 16.1. The molecule has 2 N–H and O–H groups in total. The van der Waals surface area contributed by atoms with Crippen molar-refractivity contribution in [2.45, 2.75) is 64.4 Å². The summed E-state index contributed by atoms with van der Waals surface area (Å²) in [5.41, 5.74) is -0.768. The number of hydrogen-bond donors (Lipinski definition) is 2. The first-order valence-electron chi connectivity index (χ1n) is 16.1. The highest BCUT2D eigenvalue weighted by atomic mass is 31.2. The second-order valence-corrected chi connectivity index (χ2v) is 14.3. The van der Waals surface area contributed by atoms with Gasteiger partial charge < -0.3 is 23.8 Å². The fourth-order valence-corrected chi connectivity index (χ4v) is 7.48. The lowest BCUT2D eigenvalue weighted by Crippen LogP contribution is -2.43. The van der Waals surface area contributed by atoms with Crippen molar-refractivity contribution in [1.82, 2.24) is 24.6 Å². The Labute approximate surface area is 288 Å². The number of aryl methyl sites for hydroxylation is 1. The van der Waals surface area contributed by atoms with Crippen LogP contribution in [-0.2, 0) is 30.0 Å². The number of ether oxygens (including phenoxy) is 3. The summed E-state index contributed by atoms with van der Waals surface area (Å²) in [7, 11) is -3.06. The number of rotatable bonds is 13. The van der Waals surface area contributed by atoms with Gasteiger partial charge in [0.25, 0.3) is 0 Å². The number of imidazole rings is 1. The maximum absolute atomic E-state index is 16.1. The van der Waals surface area contributed by atoms with Crippen molar-refractivity contribution in [2.75, 3.05) is 13.7 Å². The largest absolute Gasteiger partial charge is 0.479 e. The van der Waals surface area contributed by atoms with Gasteiger partial charge in [-0.3, -0.25) is 13.9 Å². The number of methoxy groups -OCH3 is 1. The predicted octanol–water partition coefficient (Wildman–Crippen LogP) is 5.84. The van der Waals surface area contributed by atoms with Crippen LogP contribution in [0.3, 0.4) is 0 Å². The molecule has 0 amide bonds. The van der Waals surface area contributed by atoms with Crippen LogP contribution >= 0.6 is 7.75 Å². The molecule has 0 bridgehead atoms. The summed E-state index contributed by atoms with van der Waals surface area (Å²) < 4.78 is 61.0. The van der Waals surface area contributed by atoms with E-state index < -0.39 is 56.4 Å². The molecule has 0 aliphatic carbocycles. The van der Waals surface area contributed by atoms with Crippen LogP contribution in [0.5, 0.6) is 11.6 Å². The molecule has 1 aliphatic rings. The average molecular weight is 708 g/mol. The molecule has 0 radical (unpaired) electrons. The number of alkyl halides is 1. The van der Waals surface area contributed by atoms with Crippen molar-refractivity contribution in [3.63, 3.8) is 0 Å². The lowest BCUT2D eigenvalue weighted by atomic mass is 9.98. The van der Waals surface area contributed by atoms with E-state index in [2.05, 4.69) is 20.0 Å². The third kappa shape index (κ3) is 7.21. The summed E-state index contributed by atoms with van der Waals surface area (Å²) >= 11 is 0. The monoisotopic (exact) mass is 707 g/mol. The number of carbonyl (C=O) groups excluding carboxylic acids is 1. The van der Waals surface area contributed by atoms with Crippen LogP contribution in [0.1, 0.15) is 38.4 Å². The number of aromatic nitrogens is 4. The van der Waals surface area contributed by atoms with E-state index in [-0.39, 0.29) is 23.9 Å². The van der Waals surface area contributed by atoms with E-state index >= 15 is 4.39 Å². The van der Waals surface area contributed by atoms with E-state index in [1.165, 1.54) is 24.9 Å². The smallest absolute Gasteiger partial charge is 0.459 e. The first-order chi connectivity index (χ1) is 23.9. The summed E-state index contributed by atoms with van der Waals surface area (Å²) in [6, 6.07) is 20.5. The molecule has 6 rings (SSSR count). The Balaban J connectivity index is 1.27. The van der Waals surface area contributed by atoms with E-state index in [4.69, 9.17) is 23.3 Å². The summed E-state index contributed by atoms with van der Waals surface area (Å²) in [5, 5.41) is 15.6. The van der Waals surface area contributed by atoms with Gasteiger partial charge in [-0.2, -0.15) is 10.1 Å². The second kappa shape index (κ2) is 14.4. The van der Waals surface area contributed by atoms with Gasteiger partial charge in [-0.15, -0.1) is 0 Å². The van der Waals surface area contributed by atoms with Gasteiger partial charge >= 0.3 is 13.7 Å². The first-order valence-corrected chi connectivity index (χ1v) is 17.6. The zero-order valence-corrected chi connectivity index (χ0v) is 29.1. The maximum Gasteiger partial charge on any atom is 0.459 e. The highest BCUT2D eigenvalue weighted by Crippen LogP contribution is 2.49. The van der Waals surface area contributed by atoms with Crippen LogP contribution in [0.4, 0.5) is 4.39 Å². The summed E-state index contributed by atoms with van der Waals surface area (Å²) in [5.74, 6) is -0.324. The van der Waals surface area contributed by atoms with Gasteiger partial charge in [-0.25, -0.2) is 18.9 Å². The molecule has 5 aromatic rings. The second-order valence-electron chi connectivity index (χ2n) is 12.6. The minimum atomic E-state index is -4.50. The van der Waals surface area contributed by atoms with Crippen molar-refractivity contribution < 1.29 is 42.1 Å². The van der Waals surface area contributed by atoms with E-state index in [0.717, 1.165) is 10.9 Å². The Bertz CT molecular complexity index is 2020. The molecule has 1 unspecified atom stereocenters. The predicted molar refractivity (Wildman–Crippen MR) is 182 cm³/mol. The minimum Gasteiger partial charge on any atom is -0.479 e. The fraction of sp³-hybridized carbons (Fsp3) is 0.371. The van der Waals surface area contributed by atoms with Gasteiger partial charge in [0, 0.05) is 5.39 Å². The quantitative estimate of drug-likeness (QED) is 0.111. The SMILES string of the molecule is COc1nc(C)nc2c1ncn2[C@@H]1O[C@H](COP(=O)(N[C@H](C(=O)OCc2ccccc2)C(C)C)Oc2cccc3ccccc23)[C@H](F)[C@@]1(C)O. The molecule has 2 aromatic heterocycles. The van der Waals surface area contributed by atoms with Gasteiger partial charge in [0.05, 0.1) is 20.0 Å². The molecule has 1 saturated heterocycles. The van der Waals surface area contributed by atoms with Gasteiger partial charge in [-0.05, 0) is 36.8 Å². The Morgan fingerprint density at radius 3 is 2.56 bits per heavy atom. The zero-order chi connectivity index (χ0) is 35.6. The van der Waals surface area contributed by atoms with E-state index in [1.54, 1.807) is 45.0 Å². The molecule has 0 saturated carbocycles. The van der Waals surface area contributed by atoms with Crippen molar-refractivity contribution >= 4 is 35.7 Å². The standard InChI is InChI=1S/C35H39FN5O8P/c1-21(2)28(33(42)46-18-23-12-7-6-8-13-23)40-50(44,49-26-17-11-15-24-14-9-10-16-25(24)26)47-19-27-30(36)35(4,43)34(48-27)41-20-37-29-31(41)38-22(3)39-32(29)45-5/h6-17,20-21,27-28,30,34,43H,18-19H2,1-5H3,(H,40,44)/t27-,28+,30+,34-,35-,50?/m1/s1. The van der Waals surface area contributed by atoms with E-state index in [1.807, 2.05) is 48.5 Å². The first kappa shape index (κ1) is 35.4. The number of esters is 1.